The number of aliphatic hydroxyl groups is 1. The van der Waals surface area contributed by atoms with Crippen LogP contribution in [-0.2, 0) is 13.0 Å². The monoisotopic (exact) mass is 316 g/mol. The van der Waals surface area contributed by atoms with Gasteiger partial charge in [0.15, 0.2) is 0 Å². The van der Waals surface area contributed by atoms with Crippen molar-refractivity contribution in [1.29, 1.82) is 0 Å². The normalized spacial score (nSPS) is 11.1. The van der Waals surface area contributed by atoms with E-state index in [2.05, 4.69) is 33.0 Å². The summed E-state index contributed by atoms with van der Waals surface area (Å²) in [7, 11) is 0. The number of pyridine rings is 1. The number of aliphatic hydroxyl groups excluding tert-OH is 1. The Morgan fingerprint density at radius 1 is 1.11 bits per heavy atom. The molecule has 0 spiro atoms. The van der Waals surface area contributed by atoms with Crippen LogP contribution in [0.25, 0.3) is 5.65 Å². The van der Waals surface area contributed by atoms with Crippen LogP contribution in [0.15, 0.2) is 53.1 Å². The summed E-state index contributed by atoms with van der Waals surface area (Å²) in [6.07, 6.45) is 2.67. The molecule has 0 atom stereocenters. The maximum atomic E-state index is 9.60. The molecule has 0 saturated carbocycles. The van der Waals surface area contributed by atoms with Gasteiger partial charge in [0.05, 0.1) is 18.0 Å². The average molecular weight is 317 g/mol. The molecular formula is C15H13BrN2O. The molecule has 0 radical (unpaired) electrons. The number of imidazole rings is 1. The second kappa shape index (κ2) is 5.15. The van der Waals surface area contributed by atoms with Crippen molar-refractivity contribution in [1.82, 2.24) is 9.38 Å². The standard InChI is InChI=1S/C15H13BrN2O/c16-12-6-7-15-17-13(14(10-19)18(15)9-12)8-11-4-2-1-3-5-11/h1-7,9,19H,8,10H2. The van der Waals surface area contributed by atoms with E-state index in [0.29, 0.717) is 0 Å². The first-order chi connectivity index (χ1) is 9.28. The third-order valence-electron chi connectivity index (χ3n) is 3.13. The smallest absolute Gasteiger partial charge is 0.137 e. The van der Waals surface area contributed by atoms with E-state index < -0.39 is 0 Å². The van der Waals surface area contributed by atoms with Gasteiger partial charge in [-0.15, -0.1) is 0 Å². The van der Waals surface area contributed by atoms with Crippen LogP contribution in [0.1, 0.15) is 17.0 Å². The molecule has 0 amide bonds. The summed E-state index contributed by atoms with van der Waals surface area (Å²) in [6, 6.07) is 14.1. The molecule has 0 aliphatic heterocycles. The minimum absolute atomic E-state index is 0.0141. The molecule has 2 aromatic heterocycles. The van der Waals surface area contributed by atoms with E-state index in [-0.39, 0.29) is 6.61 Å². The van der Waals surface area contributed by atoms with Crippen molar-refractivity contribution in [2.75, 3.05) is 0 Å². The van der Waals surface area contributed by atoms with Crippen LogP contribution in [0.5, 0.6) is 0 Å². The summed E-state index contributed by atoms with van der Waals surface area (Å²) in [5.74, 6) is 0. The fraction of sp³-hybridized carbons (Fsp3) is 0.133. The molecule has 0 aliphatic rings. The van der Waals surface area contributed by atoms with Crippen LogP contribution >= 0.6 is 15.9 Å². The fourth-order valence-electron chi connectivity index (χ4n) is 2.21. The first-order valence-electron chi connectivity index (χ1n) is 6.08. The van der Waals surface area contributed by atoms with Crippen LogP contribution in [0.3, 0.4) is 0 Å². The van der Waals surface area contributed by atoms with Crippen molar-refractivity contribution in [2.24, 2.45) is 0 Å². The molecule has 0 bridgehead atoms. The average Bonchev–Trinajstić information content (AvgIpc) is 2.76. The Labute approximate surface area is 119 Å². The highest BCUT2D eigenvalue weighted by Crippen LogP contribution is 2.19. The van der Waals surface area contributed by atoms with Crippen molar-refractivity contribution in [3.05, 3.63) is 70.1 Å². The molecule has 3 rings (SSSR count). The summed E-state index contributed by atoms with van der Waals surface area (Å²) < 4.78 is 2.90. The quantitative estimate of drug-likeness (QED) is 0.806. The van der Waals surface area contributed by atoms with E-state index in [4.69, 9.17) is 0 Å². The van der Waals surface area contributed by atoms with E-state index in [1.807, 2.05) is 40.9 Å². The Kier molecular flexibility index (Phi) is 3.36. The van der Waals surface area contributed by atoms with E-state index in [9.17, 15) is 5.11 Å². The third kappa shape index (κ3) is 2.41. The maximum Gasteiger partial charge on any atom is 0.137 e. The Bertz CT molecular complexity index is 707. The molecule has 3 nitrogen and oxygen atoms in total. The Hall–Kier alpha value is -1.65. The van der Waals surface area contributed by atoms with Crippen LogP contribution in [-0.4, -0.2) is 14.5 Å². The maximum absolute atomic E-state index is 9.60. The van der Waals surface area contributed by atoms with Crippen molar-refractivity contribution in [3.63, 3.8) is 0 Å². The topological polar surface area (TPSA) is 37.5 Å². The van der Waals surface area contributed by atoms with Gasteiger partial charge in [-0.25, -0.2) is 4.98 Å². The molecule has 1 aromatic carbocycles. The summed E-state index contributed by atoms with van der Waals surface area (Å²) in [5, 5.41) is 9.60. The zero-order chi connectivity index (χ0) is 13.2. The third-order valence-corrected chi connectivity index (χ3v) is 3.60. The zero-order valence-corrected chi connectivity index (χ0v) is 11.8. The van der Waals surface area contributed by atoms with Crippen LogP contribution < -0.4 is 0 Å². The highest BCUT2D eigenvalue weighted by Gasteiger charge is 2.11. The lowest BCUT2D eigenvalue weighted by Crippen LogP contribution is -1.97. The second-order valence-corrected chi connectivity index (χ2v) is 5.32. The van der Waals surface area contributed by atoms with Crippen LogP contribution in [0.4, 0.5) is 0 Å². The number of nitrogens with zero attached hydrogens (tertiary/aromatic N) is 2. The molecule has 0 fully saturated rings. The highest BCUT2D eigenvalue weighted by atomic mass is 79.9. The Balaban J connectivity index is 2.08. The lowest BCUT2D eigenvalue weighted by molar-refractivity contribution is 0.274. The van der Waals surface area contributed by atoms with E-state index in [0.717, 1.165) is 27.9 Å². The largest absolute Gasteiger partial charge is 0.390 e. The molecule has 96 valence electrons. The molecular weight excluding hydrogens is 304 g/mol. The summed E-state index contributed by atoms with van der Waals surface area (Å²) in [4.78, 5) is 4.60. The molecule has 4 heteroatoms. The molecule has 0 aliphatic carbocycles. The molecule has 3 aromatic rings. The SMILES string of the molecule is OCc1c(Cc2ccccc2)nc2ccc(Br)cn12. The first-order valence-corrected chi connectivity index (χ1v) is 6.87. The van der Waals surface area contributed by atoms with Gasteiger partial charge in [-0.1, -0.05) is 30.3 Å². The minimum atomic E-state index is -0.0141. The fourth-order valence-corrected chi connectivity index (χ4v) is 2.55. The minimum Gasteiger partial charge on any atom is -0.390 e. The van der Waals surface area contributed by atoms with E-state index in [1.54, 1.807) is 0 Å². The van der Waals surface area contributed by atoms with Gasteiger partial charge in [0, 0.05) is 17.1 Å². The number of halogens is 1. The van der Waals surface area contributed by atoms with E-state index >= 15 is 0 Å². The number of rotatable bonds is 3. The van der Waals surface area contributed by atoms with Gasteiger partial charge >= 0.3 is 0 Å². The number of aromatic nitrogens is 2. The lowest BCUT2D eigenvalue weighted by atomic mass is 10.1. The molecule has 0 saturated heterocycles. The Morgan fingerprint density at radius 3 is 2.63 bits per heavy atom. The predicted molar refractivity (Wildman–Crippen MR) is 78.1 cm³/mol. The van der Waals surface area contributed by atoms with Gasteiger partial charge in [0.1, 0.15) is 5.65 Å². The van der Waals surface area contributed by atoms with Crippen molar-refractivity contribution in [3.8, 4) is 0 Å². The predicted octanol–water partition coefficient (Wildman–Crippen LogP) is 3.18. The molecule has 1 N–H and O–H groups in total. The molecule has 19 heavy (non-hydrogen) atoms. The zero-order valence-electron chi connectivity index (χ0n) is 10.3. The number of hydrogen-bond acceptors (Lipinski definition) is 2. The van der Waals surface area contributed by atoms with E-state index in [1.165, 1.54) is 5.56 Å². The van der Waals surface area contributed by atoms with Gasteiger partial charge in [0.25, 0.3) is 0 Å². The van der Waals surface area contributed by atoms with Crippen molar-refractivity contribution < 1.29 is 5.11 Å². The summed E-state index contributed by atoms with van der Waals surface area (Å²) in [6.45, 7) is -0.0141. The van der Waals surface area contributed by atoms with Crippen molar-refractivity contribution >= 4 is 21.6 Å². The molecule has 2 heterocycles. The summed E-state index contributed by atoms with van der Waals surface area (Å²) in [5.41, 5.74) is 3.82. The Morgan fingerprint density at radius 2 is 1.89 bits per heavy atom. The number of hydrogen-bond donors (Lipinski definition) is 1. The second-order valence-electron chi connectivity index (χ2n) is 4.40. The van der Waals surface area contributed by atoms with Crippen LogP contribution in [0, 0.1) is 0 Å². The first kappa shape index (κ1) is 12.4. The molecule has 0 unspecified atom stereocenters. The summed E-state index contributed by atoms with van der Waals surface area (Å²) >= 11 is 3.44. The number of fused-ring (bicyclic) bond motifs is 1. The highest BCUT2D eigenvalue weighted by molar-refractivity contribution is 9.10. The number of benzene rings is 1. The van der Waals surface area contributed by atoms with Gasteiger partial charge in [0.2, 0.25) is 0 Å². The van der Waals surface area contributed by atoms with Gasteiger partial charge in [-0.2, -0.15) is 0 Å². The van der Waals surface area contributed by atoms with Gasteiger partial charge < -0.3 is 9.51 Å². The van der Waals surface area contributed by atoms with Gasteiger partial charge in [-0.05, 0) is 33.6 Å². The lowest BCUT2D eigenvalue weighted by Gasteiger charge is -2.02. The van der Waals surface area contributed by atoms with Crippen LogP contribution in [0.2, 0.25) is 0 Å². The van der Waals surface area contributed by atoms with Gasteiger partial charge in [-0.3, -0.25) is 0 Å². The van der Waals surface area contributed by atoms with Crippen molar-refractivity contribution in [2.45, 2.75) is 13.0 Å².